The molecule has 1 aliphatic rings. The number of halogens is 1. The number of hydrogen-bond acceptors (Lipinski definition) is 5. The molecule has 0 atom stereocenters. The molecule has 3 aromatic rings. The molecule has 0 bridgehead atoms. The number of benzene rings is 2. The normalized spacial score (nSPS) is 13.9. The van der Waals surface area contributed by atoms with Crippen LogP contribution in [0.15, 0.2) is 76.2 Å². The van der Waals surface area contributed by atoms with Crippen molar-refractivity contribution in [3.8, 4) is 5.75 Å². The first-order valence-electron chi connectivity index (χ1n) is 9.85. The molecule has 2 amide bonds. The first-order chi connectivity index (χ1) is 15.1. The van der Waals surface area contributed by atoms with Crippen molar-refractivity contribution >= 4 is 34.8 Å². The summed E-state index contributed by atoms with van der Waals surface area (Å²) in [6, 6.07) is 16.1. The summed E-state index contributed by atoms with van der Waals surface area (Å²) in [4.78, 5) is 27.9. The second-order valence-corrected chi connectivity index (χ2v) is 7.86. The molecule has 2 aromatic carbocycles. The van der Waals surface area contributed by atoms with Gasteiger partial charge in [-0.3, -0.25) is 9.59 Å². The molecule has 1 aromatic heterocycles. The fraction of sp³-hybridized carbons (Fsp3) is 0.167. The lowest BCUT2D eigenvalue weighted by Crippen LogP contribution is -2.31. The van der Waals surface area contributed by atoms with E-state index in [0.717, 1.165) is 11.3 Å². The van der Waals surface area contributed by atoms with Crippen LogP contribution in [0.25, 0.3) is 5.57 Å². The van der Waals surface area contributed by atoms with Crippen LogP contribution in [0.2, 0.25) is 0 Å². The van der Waals surface area contributed by atoms with Crippen LogP contribution in [-0.4, -0.2) is 18.4 Å². The zero-order chi connectivity index (χ0) is 21.8. The number of hydrogen-bond donors (Lipinski definition) is 0. The Hall–Kier alpha value is -3.32. The SMILES string of the molecule is CCCOc1ccc(C2=C(SCc3ccco3)C(=O)N(c3cccc(F)c3)C2=O)cc1. The number of ether oxygens (including phenoxy) is 1. The van der Waals surface area contributed by atoms with Gasteiger partial charge in [-0.1, -0.05) is 25.1 Å². The average Bonchev–Trinajstić information content (AvgIpc) is 3.37. The topological polar surface area (TPSA) is 59.8 Å². The minimum absolute atomic E-state index is 0.198. The Bertz CT molecular complexity index is 1120. The molecule has 31 heavy (non-hydrogen) atoms. The van der Waals surface area contributed by atoms with Crippen LogP contribution in [0.5, 0.6) is 5.75 Å². The van der Waals surface area contributed by atoms with E-state index >= 15 is 0 Å². The molecule has 5 nitrogen and oxygen atoms in total. The monoisotopic (exact) mass is 437 g/mol. The third kappa shape index (κ3) is 4.41. The molecule has 0 saturated carbocycles. The highest BCUT2D eigenvalue weighted by Crippen LogP contribution is 2.40. The number of amides is 2. The van der Waals surface area contributed by atoms with E-state index in [2.05, 4.69) is 0 Å². The van der Waals surface area contributed by atoms with E-state index in [-0.39, 0.29) is 11.3 Å². The molecule has 0 N–H and O–H groups in total. The number of carbonyl (C=O) groups excluding carboxylic acids is 2. The van der Waals surface area contributed by atoms with Gasteiger partial charge >= 0.3 is 0 Å². The summed E-state index contributed by atoms with van der Waals surface area (Å²) in [5, 5.41) is 0. The van der Waals surface area contributed by atoms with E-state index in [1.165, 1.54) is 30.0 Å². The van der Waals surface area contributed by atoms with Gasteiger partial charge in [-0.15, -0.1) is 11.8 Å². The molecular formula is C24H20FNO4S. The van der Waals surface area contributed by atoms with Gasteiger partial charge in [0.15, 0.2) is 0 Å². The van der Waals surface area contributed by atoms with Gasteiger partial charge in [-0.2, -0.15) is 0 Å². The predicted octanol–water partition coefficient (Wildman–Crippen LogP) is 5.43. The molecule has 7 heteroatoms. The standard InChI is InChI=1S/C24H20FNO4S/c1-2-12-29-19-10-8-16(9-11-19)21-22(31-15-20-7-4-13-30-20)24(28)26(23(21)27)18-6-3-5-17(25)14-18/h3-11,13-14H,2,12,15H2,1H3. The molecule has 0 saturated heterocycles. The lowest BCUT2D eigenvalue weighted by molar-refractivity contribution is -0.119. The summed E-state index contributed by atoms with van der Waals surface area (Å²) in [6.45, 7) is 2.61. The van der Waals surface area contributed by atoms with Crippen LogP contribution >= 0.6 is 11.8 Å². The van der Waals surface area contributed by atoms with Crippen molar-refractivity contribution in [3.05, 3.63) is 89.0 Å². The van der Waals surface area contributed by atoms with E-state index in [1.807, 2.05) is 6.92 Å². The molecule has 4 rings (SSSR count). The minimum atomic E-state index is -0.520. The van der Waals surface area contributed by atoms with Gasteiger partial charge in [-0.25, -0.2) is 9.29 Å². The molecule has 0 fully saturated rings. The third-order valence-electron chi connectivity index (χ3n) is 4.66. The molecule has 158 valence electrons. The van der Waals surface area contributed by atoms with Crippen LogP contribution in [0.3, 0.4) is 0 Å². The summed E-state index contributed by atoms with van der Waals surface area (Å²) in [7, 11) is 0. The molecule has 0 radical (unpaired) electrons. The van der Waals surface area contributed by atoms with Crippen molar-refractivity contribution in [2.24, 2.45) is 0 Å². The highest BCUT2D eigenvalue weighted by molar-refractivity contribution is 8.03. The van der Waals surface area contributed by atoms with Crippen molar-refractivity contribution in [1.82, 2.24) is 0 Å². The second kappa shape index (κ2) is 9.22. The summed E-state index contributed by atoms with van der Waals surface area (Å²) >= 11 is 1.23. The van der Waals surface area contributed by atoms with Gasteiger partial charge in [0.05, 0.1) is 34.8 Å². The Kier molecular flexibility index (Phi) is 6.23. The van der Waals surface area contributed by atoms with Gasteiger partial charge in [0.1, 0.15) is 17.3 Å². The predicted molar refractivity (Wildman–Crippen MR) is 118 cm³/mol. The highest BCUT2D eigenvalue weighted by atomic mass is 32.2. The van der Waals surface area contributed by atoms with Crippen molar-refractivity contribution in [1.29, 1.82) is 0 Å². The van der Waals surface area contributed by atoms with Crippen molar-refractivity contribution < 1.29 is 23.1 Å². The van der Waals surface area contributed by atoms with Gasteiger partial charge < -0.3 is 9.15 Å². The lowest BCUT2D eigenvalue weighted by atomic mass is 10.1. The quantitative estimate of drug-likeness (QED) is 0.440. The summed E-state index contributed by atoms with van der Waals surface area (Å²) < 4.78 is 24.7. The maximum atomic E-state index is 13.8. The number of imide groups is 1. The fourth-order valence-electron chi connectivity index (χ4n) is 3.22. The van der Waals surface area contributed by atoms with E-state index in [4.69, 9.17) is 9.15 Å². The van der Waals surface area contributed by atoms with E-state index < -0.39 is 17.6 Å². The Morgan fingerprint density at radius 3 is 2.52 bits per heavy atom. The van der Waals surface area contributed by atoms with Crippen LogP contribution < -0.4 is 9.64 Å². The summed E-state index contributed by atoms with van der Waals surface area (Å²) in [5.74, 6) is 0.279. The Labute approximate surface area is 183 Å². The maximum absolute atomic E-state index is 13.8. The number of nitrogens with zero attached hydrogens (tertiary/aromatic N) is 1. The number of thioether (sulfide) groups is 1. The second-order valence-electron chi connectivity index (χ2n) is 6.87. The number of furan rings is 1. The molecule has 0 spiro atoms. The van der Waals surface area contributed by atoms with Gasteiger partial charge in [0.2, 0.25) is 0 Å². The van der Waals surface area contributed by atoms with Crippen LogP contribution in [0.1, 0.15) is 24.7 Å². The van der Waals surface area contributed by atoms with Gasteiger partial charge in [0.25, 0.3) is 11.8 Å². The zero-order valence-electron chi connectivity index (χ0n) is 16.8. The largest absolute Gasteiger partial charge is 0.494 e. The van der Waals surface area contributed by atoms with Gasteiger partial charge in [0, 0.05) is 0 Å². The van der Waals surface area contributed by atoms with Crippen LogP contribution in [0.4, 0.5) is 10.1 Å². The average molecular weight is 437 g/mol. The zero-order valence-corrected chi connectivity index (χ0v) is 17.7. The highest BCUT2D eigenvalue weighted by Gasteiger charge is 2.40. The third-order valence-corrected chi connectivity index (χ3v) is 5.76. The molecule has 0 unspecified atom stereocenters. The molecule has 1 aliphatic heterocycles. The molecule has 2 heterocycles. The maximum Gasteiger partial charge on any atom is 0.272 e. The first-order valence-corrected chi connectivity index (χ1v) is 10.8. The smallest absolute Gasteiger partial charge is 0.272 e. The van der Waals surface area contributed by atoms with E-state index in [0.29, 0.717) is 34.3 Å². The van der Waals surface area contributed by atoms with Crippen LogP contribution in [0, 0.1) is 5.82 Å². The van der Waals surface area contributed by atoms with Crippen molar-refractivity contribution in [2.75, 3.05) is 11.5 Å². The number of anilines is 1. The van der Waals surface area contributed by atoms with Crippen molar-refractivity contribution in [2.45, 2.75) is 19.1 Å². The minimum Gasteiger partial charge on any atom is -0.494 e. The number of carbonyl (C=O) groups is 2. The van der Waals surface area contributed by atoms with E-state index in [9.17, 15) is 14.0 Å². The lowest BCUT2D eigenvalue weighted by Gasteiger charge is -2.15. The number of rotatable bonds is 8. The Balaban J connectivity index is 1.70. The van der Waals surface area contributed by atoms with E-state index in [1.54, 1.807) is 48.7 Å². The first kappa shape index (κ1) is 20.9. The Morgan fingerprint density at radius 1 is 1.03 bits per heavy atom. The van der Waals surface area contributed by atoms with Crippen molar-refractivity contribution in [3.63, 3.8) is 0 Å². The molecule has 0 aliphatic carbocycles. The fourth-order valence-corrected chi connectivity index (χ4v) is 4.24. The summed E-state index contributed by atoms with van der Waals surface area (Å²) in [5.41, 5.74) is 1.08. The van der Waals surface area contributed by atoms with Gasteiger partial charge in [-0.05, 0) is 54.4 Å². The van der Waals surface area contributed by atoms with Crippen LogP contribution in [-0.2, 0) is 15.3 Å². The Morgan fingerprint density at radius 2 is 1.84 bits per heavy atom. The molecular weight excluding hydrogens is 417 g/mol. The summed E-state index contributed by atoms with van der Waals surface area (Å²) in [6.07, 6.45) is 2.44.